The lowest BCUT2D eigenvalue weighted by molar-refractivity contribution is 0.112. The van der Waals surface area contributed by atoms with E-state index in [2.05, 4.69) is 69.6 Å². The van der Waals surface area contributed by atoms with Crippen LogP contribution in [0.15, 0.2) is 0 Å². The van der Waals surface area contributed by atoms with Crippen molar-refractivity contribution in [3.63, 3.8) is 0 Å². The molecule has 0 nitrogen and oxygen atoms in total. The molecule has 0 aromatic rings. The van der Waals surface area contributed by atoms with Crippen molar-refractivity contribution in [3.8, 4) is 0 Å². The van der Waals surface area contributed by atoms with Gasteiger partial charge < -0.3 is 0 Å². The Morgan fingerprint density at radius 3 is 1.00 bits per heavy atom. The van der Waals surface area contributed by atoms with Gasteiger partial charge in [-0.1, -0.05) is 58.0 Å². The summed E-state index contributed by atoms with van der Waals surface area (Å²) in [4.78, 5) is -1.82. The van der Waals surface area contributed by atoms with E-state index in [1.54, 1.807) is 0 Å². The van der Waals surface area contributed by atoms with E-state index in [4.69, 9.17) is 0 Å². The van der Waals surface area contributed by atoms with Gasteiger partial charge in [-0.25, -0.2) is 8.78 Å². The van der Waals surface area contributed by atoms with E-state index in [0.29, 0.717) is 0 Å². The molecule has 0 aliphatic rings. The second-order valence-corrected chi connectivity index (χ2v) is 4.96. The van der Waals surface area contributed by atoms with Crippen molar-refractivity contribution < 1.29 is 17.6 Å². The van der Waals surface area contributed by atoms with Crippen LogP contribution in [-0.4, -0.2) is 20.4 Å². The van der Waals surface area contributed by atoms with Gasteiger partial charge in [-0.15, -0.1) is 0 Å². The fourth-order valence-corrected chi connectivity index (χ4v) is 0. The largest absolute Gasteiger partial charge is 0.351 e. The molecule has 0 saturated carbocycles. The maximum absolute atomic E-state index is 11.5. The van der Waals surface area contributed by atoms with Crippen LogP contribution in [0.25, 0.3) is 0 Å². The standard InChI is InChI=1S/2C2HCl3F2/c3-1(6)2(4,5)7;3-1(4)2(5,6)7/h2*1H. The van der Waals surface area contributed by atoms with Gasteiger partial charge >= 0.3 is 9.97 Å². The topological polar surface area (TPSA) is 0 Å². The SMILES string of the molecule is FC(Cl)C(F)(Cl)Cl.FC(F)(Cl)C(Cl)Cl. The average Bonchev–Trinajstić information content (AvgIpc) is 1.83. The quantitative estimate of drug-likeness (QED) is 0.477. The molecule has 0 amide bonds. The molecule has 0 saturated heterocycles. The van der Waals surface area contributed by atoms with Crippen LogP contribution < -0.4 is 0 Å². The van der Waals surface area contributed by atoms with Crippen LogP contribution in [0.5, 0.6) is 0 Å². The molecular weight excluding hydrogens is 337 g/mol. The molecule has 0 fully saturated rings. The van der Waals surface area contributed by atoms with Gasteiger partial charge in [0.15, 0.2) is 4.84 Å². The Bertz CT molecular complexity index is 131. The minimum Gasteiger partial charge on any atom is -0.223 e. The van der Waals surface area contributed by atoms with Gasteiger partial charge in [0.1, 0.15) is 0 Å². The van der Waals surface area contributed by atoms with Gasteiger partial charge in [-0.3, -0.25) is 0 Å². The molecule has 0 spiro atoms. The minimum atomic E-state index is -3.50. The Morgan fingerprint density at radius 2 is 1.00 bits per heavy atom. The van der Waals surface area contributed by atoms with Crippen LogP contribution in [0.1, 0.15) is 0 Å². The zero-order valence-electron chi connectivity index (χ0n) is 5.93. The Morgan fingerprint density at radius 1 is 0.857 bits per heavy atom. The summed E-state index contributed by atoms with van der Waals surface area (Å²) in [5.74, 6) is 0. The Labute approximate surface area is 107 Å². The molecule has 0 aliphatic heterocycles. The number of halogens is 10. The number of alkyl halides is 10. The van der Waals surface area contributed by atoms with Gasteiger partial charge in [-0.2, -0.15) is 8.78 Å². The van der Waals surface area contributed by atoms with Crippen molar-refractivity contribution in [1.29, 1.82) is 0 Å². The summed E-state index contributed by atoms with van der Waals surface area (Å²) in [7, 11) is 0. The molecule has 0 rings (SSSR count). The van der Waals surface area contributed by atoms with Crippen LogP contribution in [0.2, 0.25) is 0 Å². The highest BCUT2D eigenvalue weighted by Gasteiger charge is 2.33. The Kier molecular flexibility index (Phi) is 8.82. The zero-order chi connectivity index (χ0) is 12.2. The summed E-state index contributed by atoms with van der Waals surface area (Å²) < 4.78 is 42.6. The molecule has 0 aromatic heterocycles. The van der Waals surface area contributed by atoms with E-state index in [9.17, 15) is 17.6 Å². The van der Waals surface area contributed by atoms with Gasteiger partial charge in [0.25, 0.3) is 0 Å². The number of rotatable bonds is 2. The smallest absolute Gasteiger partial charge is 0.223 e. The maximum Gasteiger partial charge on any atom is 0.351 e. The lowest BCUT2D eigenvalue weighted by atomic mass is 10.8. The van der Waals surface area contributed by atoms with Gasteiger partial charge in [0.05, 0.1) is 0 Å². The van der Waals surface area contributed by atoms with Crippen molar-refractivity contribution in [2.75, 3.05) is 0 Å². The Hall–Kier alpha value is 1.46. The summed E-state index contributed by atoms with van der Waals surface area (Å²) in [5, 5.41) is -3.50. The van der Waals surface area contributed by atoms with Crippen LogP contribution in [0.3, 0.4) is 0 Å². The fourth-order valence-electron chi connectivity index (χ4n) is 0. The van der Waals surface area contributed by atoms with E-state index >= 15 is 0 Å². The molecule has 1 atom stereocenters. The Balaban J connectivity index is 0. The molecular formula is C4H2Cl6F4. The van der Waals surface area contributed by atoms with Gasteiger partial charge in [-0.05, 0) is 11.6 Å². The fraction of sp³-hybridized carbons (Fsp3) is 1.00. The van der Waals surface area contributed by atoms with Crippen LogP contribution in [0.4, 0.5) is 17.6 Å². The van der Waals surface area contributed by atoms with Crippen LogP contribution in [0, 0.1) is 0 Å². The molecule has 0 radical (unpaired) electrons. The molecule has 0 heterocycles. The lowest BCUT2D eigenvalue weighted by Gasteiger charge is -2.05. The van der Waals surface area contributed by atoms with E-state index in [-0.39, 0.29) is 0 Å². The molecule has 0 aromatic carbocycles. The van der Waals surface area contributed by atoms with E-state index in [0.717, 1.165) is 0 Å². The minimum absolute atomic E-state index is 1.82. The third-order valence-electron chi connectivity index (χ3n) is 0.495. The highest BCUT2D eigenvalue weighted by Crippen LogP contribution is 2.31. The van der Waals surface area contributed by atoms with Gasteiger partial charge in [0.2, 0.25) is 5.63 Å². The highest BCUT2D eigenvalue weighted by molar-refractivity contribution is 6.50. The molecule has 0 N–H and O–H groups in total. The van der Waals surface area contributed by atoms with Crippen molar-refractivity contribution in [3.05, 3.63) is 0 Å². The van der Waals surface area contributed by atoms with E-state index in [1.807, 2.05) is 0 Å². The van der Waals surface area contributed by atoms with E-state index < -0.39 is 20.4 Å². The number of hydrogen-bond donors (Lipinski definition) is 0. The van der Waals surface area contributed by atoms with Crippen molar-refractivity contribution in [1.82, 2.24) is 0 Å². The third-order valence-corrected chi connectivity index (χ3v) is 2.39. The zero-order valence-corrected chi connectivity index (χ0v) is 10.5. The van der Waals surface area contributed by atoms with Crippen molar-refractivity contribution >= 4 is 69.6 Å². The first-order chi connectivity index (χ1) is 5.89. The van der Waals surface area contributed by atoms with Gasteiger partial charge in [0, 0.05) is 0 Å². The lowest BCUT2D eigenvalue weighted by Crippen LogP contribution is -2.15. The molecule has 0 aliphatic carbocycles. The second kappa shape index (κ2) is 6.92. The summed E-state index contributed by atoms with van der Waals surface area (Å²) in [6.07, 6.45) is 0. The first-order valence-electron chi connectivity index (χ1n) is 2.58. The summed E-state index contributed by atoms with van der Waals surface area (Å²) >= 11 is 26.9. The van der Waals surface area contributed by atoms with Crippen LogP contribution >= 0.6 is 69.6 Å². The maximum atomic E-state index is 11.5. The van der Waals surface area contributed by atoms with Crippen molar-refractivity contribution in [2.24, 2.45) is 0 Å². The summed E-state index contributed by atoms with van der Waals surface area (Å²) in [6.45, 7) is 0. The predicted molar refractivity (Wildman–Crippen MR) is 52.6 cm³/mol. The average molecular weight is 339 g/mol. The summed E-state index contributed by atoms with van der Waals surface area (Å²) in [5.41, 5.74) is -2.36. The monoisotopic (exact) mass is 336 g/mol. The van der Waals surface area contributed by atoms with Crippen LogP contribution in [-0.2, 0) is 0 Å². The molecule has 1 unspecified atom stereocenters. The summed E-state index contributed by atoms with van der Waals surface area (Å²) in [6, 6.07) is 0. The highest BCUT2D eigenvalue weighted by atomic mass is 35.5. The normalized spacial score (nSPS) is 14.8. The molecule has 14 heavy (non-hydrogen) atoms. The number of hydrogen-bond acceptors (Lipinski definition) is 0. The third kappa shape index (κ3) is 11.5. The first kappa shape index (κ1) is 17.8. The van der Waals surface area contributed by atoms with Crippen molar-refractivity contribution in [2.45, 2.75) is 20.4 Å². The predicted octanol–water partition coefficient (Wildman–Crippen LogP) is 5.24. The first-order valence-corrected chi connectivity index (χ1v) is 5.03. The molecule has 10 heteroatoms. The van der Waals surface area contributed by atoms with E-state index in [1.165, 1.54) is 0 Å². The second-order valence-electron chi connectivity index (χ2n) is 1.68. The molecule has 88 valence electrons. The molecule has 0 bridgehead atoms.